The Bertz CT molecular complexity index is 582. The molecule has 6 heteroatoms. The second-order valence-corrected chi connectivity index (χ2v) is 6.41. The Balaban J connectivity index is 1.39. The highest BCUT2D eigenvalue weighted by molar-refractivity contribution is 5.17. The smallest absolute Gasteiger partial charge is 0.0916 e. The molecule has 2 N–H and O–H groups in total. The van der Waals surface area contributed by atoms with Crippen molar-refractivity contribution >= 4 is 0 Å². The SMILES string of the molecule is O[C@@H](CN1CCN(C[C@@H](O)c2ccccc2)CC1)Cn1cccn1. The van der Waals surface area contributed by atoms with E-state index in [4.69, 9.17) is 0 Å². The van der Waals surface area contributed by atoms with E-state index in [0.29, 0.717) is 19.6 Å². The molecule has 0 bridgehead atoms. The molecule has 2 aromatic rings. The van der Waals surface area contributed by atoms with Gasteiger partial charge < -0.3 is 10.2 Å². The molecule has 130 valence electrons. The maximum absolute atomic E-state index is 10.3. The van der Waals surface area contributed by atoms with Gasteiger partial charge in [0.25, 0.3) is 0 Å². The number of rotatable bonds is 7. The zero-order chi connectivity index (χ0) is 16.8. The molecule has 0 saturated carbocycles. The van der Waals surface area contributed by atoms with Crippen molar-refractivity contribution in [2.45, 2.75) is 18.8 Å². The van der Waals surface area contributed by atoms with Gasteiger partial charge in [-0.15, -0.1) is 0 Å². The van der Waals surface area contributed by atoms with Crippen molar-refractivity contribution < 1.29 is 10.2 Å². The summed E-state index contributed by atoms with van der Waals surface area (Å²) in [5, 5.41) is 24.6. The Morgan fingerprint density at radius 1 is 0.875 bits per heavy atom. The molecule has 0 radical (unpaired) electrons. The molecule has 1 aliphatic heterocycles. The molecule has 0 spiro atoms. The third-order valence-electron chi connectivity index (χ3n) is 4.51. The van der Waals surface area contributed by atoms with E-state index in [1.807, 2.05) is 42.6 Å². The lowest BCUT2D eigenvalue weighted by Crippen LogP contribution is -2.49. The molecule has 6 nitrogen and oxygen atoms in total. The van der Waals surface area contributed by atoms with Gasteiger partial charge in [0.15, 0.2) is 0 Å². The maximum atomic E-state index is 10.3. The number of hydrogen-bond donors (Lipinski definition) is 2. The lowest BCUT2D eigenvalue weighted by molar-refractivity contribution is 0.0430. The summed E-state index contributed by atoms with van der Waals surface area (Å²) < 4.78 is 1.76. The highest BCUT2D eigenvalue weighted by atomic mass is 16.3. The molecular formula is C18H26N4O2. The van der Waals surface area contributed by atoms with Crippen LogP contribution in [0.4, 0.5) is 0 Å². The van der Waals surface area contributed by atoms with Crippen LogP contribution in [0.3, 0.4) is 0 Å². The van der Waals surface area contributed by atoms with Crippen molar-refractivity contribution in [2.75, 3.05) is 39.3 Å². The summed E-state index contributed by atoms with van der Waals surface area (Å²) in [5.74, 6) is 0. The monoisotopic (exact) mass is 330 g/mol. The maximum Gasteiger partial charge on any atom is 0.0916 e. The van der Waals surface area contributed by atoms with Gasteiger partial charge in [0.2, 0.25) is 0 Å². The number of aliphatic hydroxyl groups excluding tert-OH is 2. The number of aliphatic hydroxyl groups is 2. The van der Waals surface area contributed by atoms with Crippen LogP contribution in [0.1, 0.15) is 11.7 Å². The summed E-state index contributed by atoms with van der Waals surface area (Å²) in [6.45, 7) is 5.51. The van der Waals surface area contributed by atoms with Crippen LogP contribution in [0.5, 0.6) is 0 Å². The van der Waals surface area contributed by atoms with Crippen LogP contribution in [-0.2, 0) is 6.54 Å². The van der Waals surface area contributed by atoms with E-state index < -0.39 is 12.2 Å². The Labute approximate surface area is 142 Å². The van der Waals surface area contributed by atoms with E-state index in [1.54, 1.807) is 10.9 Å². The number of hydrogen-bond acceptors (Lipinski definition) is 5. The first-order valence-electron chi connectivity index (χ1n) is 8.54. The quantitative estimate of drug-likeness (QED) is 0.778. The Morgan fingerprint density at radius 3 is 2.17 bits per heavy atom. The van der Waals surface area contributed by atoms with Crippen LogP contribution in [-0.4, -0.2) is 75.2 Å². The van der Waals surface area contributed by atoms with Crippen LogP contribution in [0.25, 0.3) is 0 Å². The summed E-state index contributed by atoms with van der Waals surface area (Å²) in [5.41, 5.74) is 0.967. The Morgan fingerprint density at radius 2 is 1.54 bits per heavy atom. The summed E-state index contributed by atoms with van der Waals surface area (Å²) in [4.78, 5) is 4.56. The molecular weight excluding hydrogens is 304 g/mol. The molecule has 1 aromatic carbocycles. The molecule has 3 rings (SSSR count). The molecule has 2 heterocycles. The number of aromatic nitrogens is 2. The Hall–Kier alpha value is -1.73. The molecule has 1 saturated heterocycles. The molecule has 24 heavy (non-hydrogen) atoms. The van der Waals surface area contributed by atoms with E-state index >= 15 is 0 Å². The van der Waals surface area contributed by atoms with Gasteiger partial charge in [-0.05, 0) is 11.6 Å². The second-order valence-electron chi connectivity index (χ2n) is 6.41. The number of piperazine rings is 1. The molecule has 1 aromatic heterocycles. The van der Waals surface area contributed by atoms with E-state index in [9.17, 15) is 10.2 Å². The van der Waals surface area contributed by atoms with Gasteiger partial charge in [0, 0.05) is 51.7 Å². The summed E-state index contributed by atoms with van der Waals surface area (Å²) >= 11 is 0. The van der Waals surface area contributed by atoms with E-state index in [1.165, 1.54) is 0 Å². The van der Waals surface area contributed by atoms with Crippen molar-refractivity contribution in [3.05, 3.63) is 54.4 Å². The molecule has 0 unspecified atom stereocenters. The third kappa shape index (κ3) is 4.88. The van der Waals surface area contributed by atoms with Gasteiger partial charge in [-0.1, -0.05) is 30.3 Å². The fourth-order valence-electron chi connectivity index (χ4n) is 3.16. The van der Waals surface area contributed by atoms with Crippen molar-refractivity contribution in [3.8, 4) is 0 Å². The lowest BCUT2D eigenvalue weighted by Gasteiger charge is -2.36. The average molecular weight is 330 g/mol. The summed E-state index contributed by atoms with van der Waals surface area (Å²) in [6, 6.07) is 11.7. The number of nitrogens with zero attached hydrogens (tertiary/aromatic N) is 4. The van der Waals surface area contributed by atoms with Gasteiger partial charge in [0.1, 0.15) is 0 Å². The molecule has 1 aliphatic rings. The topological polar surface area (TPSA) is 64.8 Å². The molecule has 0 aliphatic carbocycles. The van der Waals surface area contributed by atoms with E-state index in [2.05, 4.69) is 14.9 Å². The first kappa shape index (κ1) is 17.1. The van der Waals surface area contributed by atoms with Gasteiger partial charge in [-0.3, -0.25) is 14.5 Å². The minimum Gasteiger partial charge on any atom is -0.390 e. The Kier molecular flexibility index (Phi) is 5.98. The van der Waals surface area contributed by atoms with E-state index in [-0.39, 0.29) is 0 Å². The van der Waals surface area contributed by atoms with Crippen LogP contribution < -0.4 is 0 Å². The summed E-state index contributed by atoms with van der Waals surface area (Å²) in [7, 11) is 0. The van der Waals surface area contributed by atoms with Crippen molar-refractivity contribution in [2.24, 2.45) is 0 Å². The predicted octanol–water partition coefficient (Wildman–Crippen LogP) is 0.595. The lowest BCUT2D eigenvalue weighted by atomic mass is 10.1. The van der Waals surface area contributed by atoms with Gasteiger partial charge in [-0.2, -0.15) is 5.10 Å². The number of benzene rings is 1. The van der Waals surface area contributed by atoms with Crippen LogP contribution in [0, 0.1) is 0 Å². The van der Waals surface area contributed by atoms with Crippen LogP contribution >= 0.6 is 0 Å². The second kappa shape index (κ2) is 8.39. The van der Waals surface area contributed by atoms with Gasteiger partial charge in [-0.25, -0.2) is 0 Å². The van der Waals surface area contributed by atoms with Crippen LogP contribution in [0.2, 0.25) is 0 Å². The normalized spacial score (nSPS) is 19.2. The van der Waals surface area contributed by atoms with Gasteiger partial charge in [0.05, 0.1) is 18.8 Å². The first-order chi connectivity index (χ1) is 11.7. The highest BCUT2D eigenvalue weighted by Crippen LogP contribution is 2.15. The van der Waals surface area contributed by atoms with Crippen LogP contribution in [0.15, 0.2) is 48.8 Å². The minimum atomic E-state index is -0.442. The zero-order valence-electron chi connectivity index (χ0n) is 13.9. The first-order valence-corrected chi connectivity index (χ1v) is 8.54. The molecule has 1 fully saturated rings. The van der Waals surface area contributed by atoms with Crippen molar-refractivity contribution in [3.63, 3.8) is 0 Å². The van der Waals surface area contributed by atoms with Crippen molar-refractivity contribution in [1.29, 1.82) is 0 Å². The van der Waals surface area contributed by atoms with E-state index in [0.717, 1.165) is 31.7 Å². The zero-order valence-corrected chi connectivity index (χ0v) is 13.9. The predicted molar refractivity (Wildman–Crippen MR) is 92.5 cm³/mol. The molecule has 0 amide bonds. The average Bonchev–Trinajstić information content (AvgIpc) is 3.10. The third-order valence-corrected chi connectivity index (χ3v) is 4.51. The largest absolute Gasteiger partial charge is 0.390 e. The highest BCUT2D eigenvalue weighted by Gasteiger charge is 2.21. The minimum absolute atomic E-state index is 0.411. The fraction of sp³-hybridized carbons (Fsp3) is 0.500. The molecule has 2 atom stereocenters. The van der Waals surface area contributed by atoms with Crippen molar-refractivity contribution in [1.82, 2.24) is 19.6 Å². The standard InChI is InChI=1S/C18H26N4O2/c23-17(14-22-8-4-7-19-22)13-20-9-11-21(12-10-20)15-18(24)16-5-2-1-3-6-16/h1-8,17-18,23-24H,9-15H2/t17-,18+/m0/s1. The fourth-order valence-corrected chi connectivity index (χ4v) is 3.16. The summed E-state index contributed by atoms with van der Waals surface area (Å²) in [6.07, 6.45) is 2.74. The van der Waals surface area contributed by atoms with Gasteiger partial charge >= 0.3 is 0 Å². The number of β-amino-alcohol motifs (C(OH)–C–C–N with tert-alkyl or cyclic N) is 2.